The van der Waals surface area contributed by atoms with Gasteiger partial charge in [-0.1, -0.05) is 19.1 Å². The maximum absolute atomic E-state index is 13.3. The van der Waals surface area contributed by atoms with E-state index in [0.717, 1.165) is 0 Å². The molecule has 0 aromatic carbocycles. The van der Waals surface area contributed by atoms with Gasteiger partial charge in [0.2, 0.25) is 0 Å². The van der Waals surface area contributed by atoms with Gasteiger partial charge in [-0.15, -0.1) is 5.10 Å². The van der Waals surface area contributed by atoms with Gasteiger partial charge < -0.3 is 0 Å². The van der Waals surface area contributed by atoms with E-state index in [4.69, 9.17) is 0 Å². The molecule has 0 bridgehead atoms. The Morgan fingerprint density at radius 1 is 1.18 bits per heavy atom. The Kier molecular flexibility index (Phi) is 3.45. The summed E-state index contributed by atoms with van der Waals surface area (Å²) in [5.74, 6) is -5.50. The third-order valence-electron chi connectivity index (χ3n) is 2.26. The van der Waals surface area contributed by atoms with Crippen LogP contribution >= 0.6 is 0 Å². The van der Waals surface area contributed by atoms with Gasteiger partial charge in [-0.2, -0.15) is 22.0 Å². The fourth-order valence-electron chi connectivity index (χ4n) is 1.39. The van der Waals surface area contributed by atoms with Crippen molar-refractivity contribution in [1.82, 2.24) is 15.0 Å². The van der Waals surface area contributed by atoms with E-state index in [9.17, 15) is 22.0 Å². The highest BCUT2D eigenvalue weighted by Gasteiger charge is 2.62. The van der Waals surface area contributed by atoms with Crippen molar-refractivity contribution in [3.05, 3.63) is 11.4 Å². The number of alkyl halides is 5. The summed E-state index contributed by atoms with van der Waals surface area (Å²) in [6, 6.07) is 0. The van der Waals surface area contributed by atoms with E-state index in [1.54, 1.807) is 0 Å². The lowest BCUT2D eigenvalue weighted by Crippen LogP contribution is -2.37. The normalized spacial score (nSPS) is 13.5. The number of nitrogens with zero attached hydrogens (tertiary/aromatic N) is 3. The van der Waals surface area contributed by atoms with E-state index >= 15 is 0 Å². The van der Waals surface area contributed by atoms with Crippen molar-refractivity contribution in [2.75, 3.05) is 0 Å². The summed E-state index contributed by atoms with van der Waals surface area (Å²) in [5.41, 5.74) is -1.49. The fourth-order valence-corrected chi connectivity index (χ4v) is 1.39. The van der Waals surface area contributed by atoms with Crippen LogP contribution in [0.15, 0.2) is 0 Å². The van der Waals surface area contributed by atoms with Crippen LogP contribution in [0, 0.1) is 0 Å². The Bertz CT molecular complexity index is 394. The van der Waals surface area contributed by atoms with Crippen molar-refractivity contribution in [2.24, 2.45) is 0 Å². The van der Waals surface area contributed by atoms with Gasteiger partial charge in [-0.05, 0) is 12.8 Å². The van der Waals surface area contributed by atoms with Crippen LogP contribution in [-0.4, -0.2) is 21.2 Å². The van der Waals surface area contributed by atoms with Crippen LogP contribution in [0.4, 0.5) is 22.0 Å². The predicted octanol–water partition coefficient (Wildman–Crippen LogP) is 3.08. The van der Waals surface area contributed by atoms with Gasteiger partial charge in [0.1, 0.15) is 5.69 Å². The van der Waals surface area contributed by atoms with Gasteiger partial charge in [-0.3, -0.25) is 0 Å². The van der Waals surface area contributed by atoms with E-state index in [-0.39, 0.29) is 12.2 Å². The minimum Gasteiger partial charge on any atom is -0.243 e. The lowest BCUT2D eigenvalue weighted by molar-refractivity contribution is -0.292. The molecule has 0 aliphatic carbocycles. The van der Waals surface area contributed by atoms with E-state index in [0.29, 0.717) is 4.68 Å². The minimum atomic E-state index is -5.65. The molecule has 0 atom stereocenters. The van der Waals surface area contributed by atoms with Crippen LogP contribution in [0.3, 0.4) is 0 Å². The van der Waals surface area contributed by atoms with Gasteiger partial charge in [0, 0.05) is 6.54 Å². The van der Waals surface area contributed by atoms with Crippen molar-refractivity contribution >= 4 is 0 Å². The molecule has 0 aliphatic heterocycles. The quantitative estimate of drug-likeness (QED) is 0.779. The molecule has 0 N–H and O–H groups in total. The lowest BCUT2D eigenvalue weighted by atomic mass is 10.0. The van der Waals surface area contributed by atoms with Gasteiger partial charge in [0.25, 0.3) is 0 Å². The third-order valence-corrected chi connectivity index (χ3v) is 2.26. The Hall–Kier alpha value is -1.21. The molecule has 0 radical (unpaired) electrons. The Labute approximate surface area is 94.6 Å². The number of rotatable bonds is 3. The van der Waals surface area contributed by atoms with Crippen LogP contribution in [0.1, 0.15) is 38.1 Å². The predicted molar refractivity (Wildman–Crippen MR) is 49.7 cm³/mol. The summed E-state index contributed by atoms with van der Waals surface area (Å²) < 4.78 is 64.3. The second-order valence-electron chi connectivity index (χ2n) is 3.87. The first-order valence-corrected chi connectivity index (χ1v) is 5.01. The highest BCUT2D eigenvalue weighted by molar-refractivity contribution is 5.21. The molecule has 98 valence electrons. The van der Waals surface area contributed by atoms with Gasteiger partial charge in [0.05, 0.1) is 5.69 Å². The first-order valence-electron chi connectivity index (χ1n) is 5.01. The van der Waals surface area contributed by atoms with Crippen molar-refractivity contribution in [3.8, 4) is 0 Å². The van der Waals surface area contributed by atoms with Crippen LogP contribution in [0.25, 0.3) is 0 Å². The summed E-state index contributed by atoms with van der Waals surface area (Å²) in [4.78, 5) is 0. The second kappa shape index (κ2) is 4.23. The van der Waals surface area contributed by atoms with Crippen molar-refractivity contribution in [3.63, 3.8) is 0 Å². The zero-order chi connectivity index (χ0) is 13.4. The van der Waals surface area contributed by atoms with Crippen molar-refractivity contribution in [1.29, 1.82) is 0 Å². The summed E-state index contributed by atoms with van der Waals surface area (Å²) >= 11 is 0. The van der Waals surface area contributed by atoms with E-state index < -0.39 is 23.7 Å². The highest BCUT2D eigenvalue weighted by atomic mass is 19.4. The monoisotopic (exact) mass is 257 g/mol. The molecular weight excluding hydrogens is 245 g/mol. The number of halogens is 5. The summed E-state index contributed by atoms with van der Waals surface area (Å²) in [5, 5.41) is 6.72. The molecule has 1 aromatic rings. The van der Waals surface area contributed by atoms with E-state index in [2.05, 4.69) is 10.3 Å². The van der Waals surface area contributed by atoms with Crippen LogP contribution in [0.5, 0.6) is 0 Å². The molecule has 17 heavy (non-hydrogen) atoms. The topological polar surface area (TPSA) is 30.7 Å². The summed E-state index contributed by atoms with van der Waals surface area (Å²) in [6.07, 6.45) is -5.65. The molecule has 1 aromatic heterocycles. The summed E-state index contributed by atoms with van der Waals surface area (Å²) in [7, 11) is 0. The smallest absolute Gasteiger partial charge is 0.243 e. The Balaban J connectivity index is 3.42. The number of hydrogen-bond donors (Lipinski definition) is 0. The molecule has 0 amide bonds. The molecule has 0 saturated carbocycles. The molecule has 0 fully saturated rings. The molecule has 0 unspecified atom stereocenters. The van der Waals surface area contributed by atoms with Gasteiger partial charge >= 0.3 is 12.1 Å². The Morgan fingerprint density at radius 3 is 2.06 bits per heavy atom. The van der Waals surface area contributed by atoms with Crippen molar-refractivity contribution in [2.45, 2.75) is 45.3 Å². The largest absolute Gasteiger partial charge is 0.459 e. The first kappa shape index (κ1) is 13.9. The van der Waals surface area contributed by atoms with E-state index in [1.807, 2.05) is 0 Å². The molecule has 3 nitrogen and oxygen atoms in total. The minimum absolute atomic E-state index is 0.0965. The standard InChI is InChI=1S/C9H12F5N3/c1-4-17-7(6(5(2)3)15-16-17)8(10,11)9(12,13)14/h5H,4H2,1-3H3. The maximum atomic E-state index is 13.3. The number of hydrogen-bond acceptors (Lipinski definition) is 2. The van der Waals surface area contributed by atoms with E-state index in [1.165, 1.54) is 20.8 Å². The summed E-state index contributed by atoms with van der Waals surface area (Å²) in [6.45, 7) is 4.30. The second-order valence-corrected chi connectivity index (χ2v) is 3.87. The lowest BCUT2D eigenvalue weighted by Gasteiger charge is -2.21. The SMILES string of the molecule is CCn1nnc(C(C)C)c1C(F)(F)C(F)(F)F. The Morgan fingerprint density at radius 2 is 1.71 bits per heavy atom. The third kappa shape index (κ3) is 2.25. The highest BCUT2D eigenvalue weighted by Crippen LogP contribution is 2.45. The average molecular weight is 257 g/mol. The molecule has 8 heteroatoms. The van der Waals surface area contributed by atoms with Crippen LogP contribution < -0.4 is 0 Å². The first-order chi connectivity index (χ1) is 7.63. The van der Waals surface area contributed by atoms with Gasteiger partial charge in [0.15, 0.2) is 0 Å². The zero-order valence-corrected chi connectivity index (χ0v) is 9.52. The zero-order valence-electron chi connectivity index (χ0n) is 9.52. The molecule has 0 spiro atoms. The molecule has 0 aliphatic rings. The van der Waals surface area contributed by atoms with Gasteiger partial charge in [-0.25, -0.2) is 4.68 Å². The van der Waals surface area contributed by atoms with Crippen LogP contribution in [0.2, 0.25) is 0 Å². The molecular formula is C9H12F5N3. The maximum Gasteiger partial charge on any atom is 0.459 e. The number of aryl methyl sites for hydroxylation is 1. The molecule has 0 saturated heterocycles. The average Bonchev–Trinajstić information content (AvgIpc) is 2.59. The van der Waals surface area contributed by atoms with Crippen molar-refractivity contribution < 1.29 is 22.0 Å². The molecule has 1 rings (SSSR count). The molecule has 1 heterocycles. The fraction of sp³-hybridized carbons (Fsp3) is 0.778. The van der Waals surface area contributed by atoms with Crippen LogP contribution in [-0.2, 0) is 12.5 Å². The number of aromatic nitrogens is 3.